The van der Waals surface area contributed by atoms with E-state index in [0.29, 0.717) is 17.8 Å². The molecule has 0 atom stereocenters. The molecule has 2 heterocycles. The third-order valence-electron chi connectivity index (χ3n) is 3.68. The van der Waals surface area contributed by atoms with Gasteiger partial charge in [0.25, 0.3) is 5.56 Å². The predicted octanol–water partition coefficient (Wildman–Crippen LogP) is 2.90. The molecule has 0 radical (unpaired) electrons. The highest BCUT2D eigenvalue weighted by molar-refractivity contribution is 7.17. The fraction of sp³-hybridized carbons (Fsp3) is 0.176. The molecule has 3 aromatic rings. The second kappa shape index (κ2) is 5.89. The number of carbonyl (C=O) groups excluding carboxylic acids is 1. The minimum Gasteiger partial charge on any atom is -0.491 e. The molecule has 0 fully saturated rings. The average molecular weight is 328 g/mol. The number of nitrogens with zero attached hydrogens (tertiary/aromatic N) is 1. The molecule has 0 saturated carbocycles. The van der Waals surface area contributed by atoms with Crippen molar-refractivity contribution in [2.45, 2.75) is 13.5 Å². The van der Waals surface area contributed by atoms with E-state index in [-0.39, 0.29) is 17.1 Å². The van der Waals surface area contributed by atoms with Gasteiger partial charge in [-0.05, 0) is 36.1 Å². The summed E-state index contributed by atoms with van der Waals surface area (Å²) in [6.07, 6.45) is 0. The van der Waals surface area contributed by atoms with Gasteiger partial charge in [-0.3, -0.25) is 14.2 Å². The zero-order chi connectivity index (χ0) is 16.6. The van der Waals surface area contributed by atoms with E-state index in [1.165, 1.54) is 25.4 Å². The Kier molecular flexibility index (Phi) is 3.92. The predicted molar refractivity (Wildman–Crippen MR) is 92.6 cm³/mol. The molecular weight excluding hydrogens is 312 g/mol. The van der Waals surface area contributed by atoms with E-state index in [1.807, 2.05) is 29.6 Å². The number of hydrogen-bond donors (Lipinski definition) is 1. The Morgan fingerprint density at radius 3 is 2.78 bits per heavy atom. The summed E-state index contributed by atoms with van der Waals surface area (Å²) in [5, 5.41) is 1.87. The Balaban J connectivity index is 2.27. The number of ether oxygens (including phenoxy) is 1. The van der Waals surface area contributed by atoms with Crippen molar-refractivity contribution in [1.82, 2.24) is 4.57 Å². The van der Waals surface area contributed by atoms with Crippen molar-refractivity contribution in [3.05, 3.63) is 57.2 Å². The number of rotatable bonds is 4. The van der Waals surface area contributed by atoms with Crippen LogP contribution in [0.15, 0.2) is 40.5 Å². The maximum Gasteiger partial charge on any atom is 0.294 e. The second-order valence-corrected chi connectivity index (χ2v) is 6.15. The van der Waals surface area contributed by atoms with E-state index in [2.05, 4.69) is 0 Å². The molecule has 2 N–H and O–H groups in total. The van der Waals surface area contributed by atoms with Crippen LogP contribution in [-0.2, 0) is 6.54 Å². The maximum absolute atomic E-state index is 12.8. The molecule has 2 aromatic heterocycles. The number of hydrogen-bond acceptors (Lipinski definition) is 5. The van der Waals surface area contributed by atoms with Gasteiger partial charge in [0.15, 0.2) is 11.5 Å². The summed E-state index contributed by atoms with van der Waals surface area (Å²) in [5.74, 6) is -0.0844. The largest absolute Gasteiger partial charge is 0.491 e. The Hall–Kier alpha value is -2.60. The Bertz CT molecular complexity index is 956. The van der Waals surface area contributed by atoms with Crippen molar-refractivity contribution in [2.75, 3.05) is 12.8 Å². The van der Waals surface area contributed by atoms with E-state index in [9.17, 15) is 9.59 Å². The fourth-order valence-corrected chi connectivity index (χ4v) is 3.67. The van der Waals surface area contributed by atoms with Crippen molar-refractivity contribution in [2.24, 2.45) is 0 Å². The van der Waals surface area contributed by atoms with E-state index in [1.54, 1.807) is 10.6 Å². The monoisotopic (exact) mass is 328 g/mol. The zero-order valence-electron chi connectivity index (χ0n) is 12.8. The summed E-state index contributed by atoms with van der Waals surface area (Å²) in [5.41, 5.74) is 8.13. The van der Waals surface area contributed by atoms with Crippen LogP contribution in [-0.4, -0.2) is 17.5 Å². The summed E-state index contributed by atoms with van der Waals surface area (Å²) < 4.78 is 7.62. The number of fused-ring (bicyclic) bond motifs is 1. The van der Waals surface area contributed by atoms with E-state index in [0.717, 1.165) is 15.8 Å². The lowest BCUT2D eigenvalue weighted by Crippen LogP contribution is -2.24. The van der Waals surface area contributed by atoms with Crippen molar-refractivity contribution in [1.29, 1.82) is 0 Å². The van der Waals surface area contributed by atoms with Crippen molar-refractivity contribution >= 4 is 33.0 Å². The molecule has 0 amide bonds. The molecule has 0 spiro atoms. The lowest BCUT2D eigenvalue weighted by molar-refractivity contribution is 0.101. The van der Waals surface area contributed by atoms with E-state index in [4.69, 9.17) is 10.5 Å². The summed E-state index contributed by atoms with van der Waals surface area (Å²) >= 11 is 1.42. The van der Waals surface area contributed by atoms with E-state index < -0.39 is 0 Å². The molecule has 118 valence electrons. The first-order valence-electron chi connectivity index (χ1n) is 7.06. The van der Waals surface area contributed by atoms with Crippen LogP contribution in [0.5, 0.6) is 5.75 Å². The molecule has 23 heavy (non-hydrogen) atoms. The Labute approximate surface area is 136 Å². The van der Waals surface area contributed by atoms with Crippen LogP contribution in [0.2, 0.25) is 0 Å². The zero-order valence-corrected chi connectivity index (χ0v) is 13.6. The molecule has 0 aliphatic heterocycles. The van der Waals surface area contributed by atoms with Gasteiger partial charge in [-0.2, -0.15) is 0 Å². The number of nitrogens with two attached hydrogens (primary N) is 1. The van der Waals surface area contributed by atoms with Gasteiger partial charge >= 0.3 is 0 Å². The topological polar surface area (TPSA) is 74.3 Å². The van der Waals surface area contributed by atoms with Crippen molar-refractivity contribution in [3.8, 4) is 5.75 Å². The van der Waals surface area contributed by atoms with Gasteiger partial charge in [-0.25, -0.2) is 0 Å². The minimum absolute atomic E-state index is 0.0938. The van der Waals surface area contributed by atoms with Gasteiger partial charge in [0.2, 0.25) is 0 Å². The fourth-order valence-electron chi connectivity index (χ4n) is 2.68. The number of carbonyl (C=O) groups is 1. The third kappa shape index (κ3) is 2.61. The summed E-state index contributed by atoms with van der Waals surface area (Å²) in [6.45, 7) is 1.81. The number of Topliss-reactive ketones (excluding diaryl/α,β-unsaturated/α-hetero) is 1. The van der Waals surface area contributed by atoms with Crippen molar-refractivity contribution < 1.29 is 9.53 Å². The number of methoxy groups -OCH3 is 1. The number of nitrogen functional groups attached to an aromatic ring is 1. The highest BCUT2D eigenvalue weighted by Crippen LogP contribution is 2.30. The summed E-state index contributed by atoms with van der Waals surface area (Å²) in [7, 11) is 1.41. The normalized spacial score (nSPS) is 10.9. The first-order valence-corrected chi connectivity index (χ1v) is 7.94. The first kappa shape index (κ1) is 15.3. The van der Waals surface area contributed by atoms with Gasteiger partial charge in [-0.1, -0.05) is 12.1 Å². The van der Waals surface area contributed by atoms with Gasteiger partial charge in [0.05, 0.1) is 29.4 Å². The van der Waals surface area contributed by atoms with Crippen LogP contribution < -0.4 is 16.0 Å². The minimum atomic E-state index is -0.314. The SMILES string of the molecule is COc1c(C(C)=O)c2sccc2n(Cc2cccc(N)c2)c1=O. The smallest absolute Gasteiger partial charge is 0.294 e. The van der Waals surface area contributed by atoms with Gasteiger partial charge in [0.1, 0.15) is 0 Å². The highest BCUT2D eigenvalue weighted by atomic mass is 32.1. The molecule has 0 aliphatic rings. The van der Waals surface area contributed by atoms with Gasteiger partial charge in [-0.15, -0.1) is 11.3 Å². The molecule has 0 unspecified atom stereocenters. The van der Waals surface area contributed by atoms with Crippen LogP contribution >= 0.6 is 11.3 Å². The van der Waals surface area contributed by atoms with Crippen molar-refractivity contribution in [3.63, 3.8) is 0 Å². The highest BCUT2D eigenvalue weighted by Gasteiger charge is 2.21. The average Bonchev–Trinajstić information content (AvgIpc) is 2.98. The standard InChI is InChI=1S/C17H16N2O3S/c1-10(20)14-15(22-2)17(21)19(13-6-7-23-16(13)14)9-11-4-3-5-12(18)8-11/h3-8H,9,18H2,1-2H3. The van der Waals surface area contributed by atoms with Crippen LogP contribution in [0, 0.1) is 0 Å². The van der Waals surface area contributed by atoms with Crippen LogP contribution in [0.25, 0.3) is 10.2 Å². The Morgan fingerprint density at radius 2 is 2.13 bits per heavy atom. The summed E-state index contributed by atoms with van der Waals surface area (Å²) in [4.78, 5) is 24.8. The Morgan fingerprint density at radius 1 is 1.35 bits per heavy atom. The molecule has 0 aliphatic carbocycles. The maximum atomic E-state index is 12.8. The van der Waals surface area contributed by atoms with E-state index >= 15 is 0 Å². The van der Waals surface area contributed by atoms with Gasteiger partial charge in [0, 0.05) is 5.69 Å². The van der Waals surface area contributed by atoms with Crippen LogP contribution in [0.3, 0.4) is 0 Å². The number of ketones is 1. The lowest BCUT2D eigenvalue weighted by atomic mass is 10.1. The molecule has 5 nitrogen and oxygen atoms in total. The number of thiophene rings is 1. The number of pyridine rings is 1. The van der Waals surface area contributed by atoms with Crippen LogP contribution in [0.4, 0.5) is 5.69 Å². The first-order chi connectivity index (χ1) is 11.0. The molecule has 1 aromatic carbocycles. The van der Waals surface area contributed by atoms with Crippen LogP contribution in [0.1, 0.15) is 22.8 Å². The summed E-state index contributed by atoms with van der Waals surface area (Å²) in [6, 6.07) is 9.23. The quantitative estimate of drug-likeness (QED) is 0.590. The molecule has 0 bridgehead atoms. The number of benzene rings is 1. The lowest BCUT2D eigenvalue weighted by Gasteiger charge is -2.13. The molecule has 3 rings (SSSR count). The van der Waals surface area contributed by atoms with Gasteiger partial charge < -0.3 is 10.5 Å². The third-order valence-corrected chi connectivity index (χ3v) is 4.60. The number of aromatic nitrogens is 1. The number of anilines is 1. The molecule has 6 heteroatoms. The molecular formula is C17H16N2O3S. The second-order valence-electron chi connectivity index (χ2n) is 5.24. The molecule has 0 saturated heterocycles.